The zero-order chi connectivity index (χ0) is 24.9. The van der Waals surface area contributed by atoms with Crippen LogP contribution in [-0.2, 0) is 6.42 Å². The lowest BCUT2D eigenvalue weighted by Gasteiger charge is -2.36. The molecular weight excluding hydrogens is 450 g/mol. The minimum atomic E-state index is -0.555. The first-order valence-corrected chi connectivity index (χ1v) is 12.3. The predicted octanol–water partition coefficient (Wildman–Crippen LogP) is 3.74. The molecule has 5 rings (SSSR count). The molecule has 1 saturated heterocycles. The summed E-state index contributed by atoms with van der Waals surface area (Å²) in [5.41, 5.74) is 10.7. The second-order valence-corrected chi connectivity index (χ2v) is 9.15. The minimum Gasteiger partial charge on any atom is -0.369 e. The molecule has 0 spiro atoms. The van der Waals surface area contributed by atoms with Gasteiger partial charge in [-0.1, -0.05) is 0 Å². The maximum absolute atomic E-state index is 11.4. The Kier molecular flexibility index (Phi) is 6.92. The van der Waals surface area contributed by atoms with Crippen molar-refractivity contribution in [3.8, 4) is 17.5 Å². The van der Waals surface area contributed by atoms with Crippen molar-refractivity contribution in [1.29, 1.82) is 5.26 Å². The van der Waals surface area contributed by atoms with Crippen molar-refractivity contribution >= 4 is 22.5 Å². The summed E-state index contributed by atoms with van der Waals surface area (Å²) in [5.74, 6) is -0.0545. The number of benzene rings is 2. The third kappa shape index (κ3) is 5.21. The molecule has 1 fully saturated rings. The smallest absolute Gasteiger partial charge is 0.267 e. The number of piperazine rings is 1. The second kappa shape index (κ2) is 10.6. The van der Waals surface area contributed by atoms with Gasteiger partial charge < -0.3 is 15.6 Å². The average Bonchev–Trinajstić information content (AvgIpc) is 3.33. The van der Waals surface area contributed by atoms with Crippen LogP contribution in [0.2, 0.25) is 0 Å². The topological polar surface area (TPSA) is 115 Å². The van der Waals surface area contributed by atoms with Gasteiger partial charge in [0.1, 0.15) is 5.69 Å². The summed E-state index contributed by atoms with van der Waals surface area (Å²) in [4.78, 5) is 28.2. The van der Waals surface area contributed by atoms with E-state index in [2.05, 4.69) is 49.2 Å². The van der Waals surface area contributed by atoms with Crippen molar-refractivity contribution in [1.82, 2.24) is 19.9 Å². The van der Waals surface area contributed by atoms with Crippen molar-refractivity contribution in [3.63, 3.8) is 0 Å². The maximum Gasteiger partial charge on any atom is 0.267 e. The predicted molar refractivity (Wildman–Crippen MR) is 141 cm³/mol. The van der Waals surface area contributed by atoms with Gasteiger partial charge in [0.15, 0.2) is 5.82 Å². The highest BCUT2D eigenvalue weighted by molar-refractivity contribution is 5.91. The van der Waals surface area contributed by atoms with E-state index in [1.165, 1.54) is 22.7 Å². The van der Waals surface area contributed by atoms with Gasteiger partial charge in [-0.15, -0.1) is 0 Å². The molecule has 3 heterocycles. The molecule has 1 aliphatic rings. The van der Waals surface area contributed by atoms with E-state index in [0.29, 0.717) is 11.4 Å². The molecule has 1 amide bonds. The Balaban J connectivity index is 1.09. The first-order valence-electron chi connectivity index (χ1n) is 12.3. The monoisotopic (exact) mass is 479 g/mol. The van der Waals surface area contributed by atoms with Gasteiger partial charge in [-0.2, -0.15) is 5.26 Å². The van der Waals surface area contributed by atoms with Gasteiger partial charge in [-0.05, 0) is 79.9 Å². The van der Waals surface area contributed by atoms with Gasteiger partial charge in [-0.25, -0.2) is 9.97 Å². The summed E-state index contributed by atoms with van der Waals surface area (Å²) in [7, 11) is 0. The molecule has 2 aromatic heterocycles. The van der Waals surface area contributed by atoms with E-state index in [0.717, 1.165) is 63.1 Å². The third-order valence-corrected chi connectivity index (χ3v) is 6.84. The lowest BCUT2D eigenvalue weighted by Crippen LogP contribution is -2.46. The summed E-state index contributed by atoms with van der Waals surface area (Å²) in [6, 6.07) is 17.7. The highest BCUT2D eigenvalue weighted by atomic mass is 16.1. The molecule has 2 aromatic carbocycles. The number of rotatable bonds is 8. The van der Waals surface area contributed by atoms with Crippen LogP contribution >= 0.6 is 0 Å². The Morgan fingerprint density at radius 1 is 1.06 bits per heavy atom. The van der Waals surface area contributed by atoms with Crippen LogP contribution in [0.5, 0.6) is 0 Å². The van der Waals surface area contributed by atoms with Gasteiger partial charge in [-0.3, -0.25) is 9.69 Å². The number of anilines is 1. The average molecular weight is 480 g/mol. The van der Waals surface area contributed by atoms with Crippen LogP contribution in [0.1, 0.15) is 34.5 Å². The molecule has 1 aliphatic heterocycles. The number of hydrogen-bond donors (Lipinski definition) is 2. The van der Waals surface area contributed by atoms with Crippen molar-refractivity contribution in [2.24, 2.45) is 5.73 Å². The Morgan fingerprint density at radius 3 is 2.61 bits per heavy atom. The van der Waals surface area contributed by atoms with Crippen LogP contribution in [0.25, 0.3) is 22.3 Å². The van der Waals surface area contributed by atoms with Gasteiger partial charge in [0.2, 0.25) is 0 Å². The third-order valence-electron chi connectivity index (χ3n) is 6.84. The zero-order valence-corrected chi connectivity index (χ0v) is 20.2. The number of amides is 1. The molecule has 0 bridgehead atoms. The highest BCUT2D eigenvalue weighted by Gasteiger charge is 2.17. The number of fused-ring (bicyclic) bond motifs is 1. The minimum absolute atomic E-state index is 0.217. The molecule has 4 aromatic rings. The normalized spacial score (nSPS) is 14.1. The van der Waals surface area contributed by atoms with E-state index in [4.69, 9.17) is 5.73 Å². The molecule has 0 unspecified atom stereocenters. The zero-order valence-electron chi connectivity index (χ0n) is 20.2. The number of carbonyl (C=O) groups excluding carboxylic acids is 1. The Labute approximate surface area is 210 Å². The number of aromatic amines is 1. The largest absolute Gasteiger partial charge is 0.369 e. The van der Waals surface area contributed by atoms with Crippen LogP contribution in [0, 0.1) is 11.3 Å². The molecule has 8 heteroatoms. The number of H-pyrrole nitrogens is 1. The SMILES string of the molecule is N#Cc1ccc2[nH]cc(CCCCN3CCN(c4ccc(-c5nccc(C(N)=O)n5)cc4)CC3)c2c1. The first-order chi connectivity index (χ1) is 17.6. The Hall–Kier alpha value is -4.22. The highest BCUT2D eigenvalue weighted by Crippen LogP contribution is 2.23. The number of nitrogens with one attached hydrogen (secondary N) is 1. The Bertz CT molecular complexity index is 1400. The first kappa shape index (κ1) is 23.5. The van der Waals surface area contributed by atoms with E-state index < -0.39 is 5.91 Å². The second-order valence-electron chi connectivity index (χ2n) is 9.15. The van der Waals surface area contributed by atoms with Crippen molar-refractivity contribution in [2.75, 3.05) is 37.6 Å². The van der Waals surface area contributed by atoms with Crippen LogP contribution < -0.4 is 10.6 Å². The van der Waals surface area contributed by atoms with Gasteiger partial charge in [0.05, 0.1) is 11.6 Å². The fraction of sp³-hybridized carbons (Fsp3) is 0.286. The van der Waals surface area contributed by atoms with Gasteiger partial charge in [0, 0.05) is 60.7 Å². The summed E-state index contributed by atoms with van der Waals surface area (Å²) >= 11 is 0. The molecule has 0 aliphatic carbocycles. The van der Waals surface area contributed by atoms with Crippen molar-refractivity contribution in [2.45, 2.75) is 19.3 Å². The summed E-state index contributed by atoms with van der Waals surface area (Å²) < 4.78 is 0. The molecule has 0 saturated carbocycles. The van der Waals surface area contributed by atoms with E-state index in [1.807, 2.05) is 30.3 Å². The standard InChI is InChI=1S/C28H29N7O/c29-18-20-4-9-25-24(17-20)22(19-32-25)3-1-2-12-34-13-15-35(16-14-34)23-7-5-21(6-8-23)28-31-11-10-26(33-28)27(30)36/h4-11,17,19,32H,1-3,12-16H2,(H2,30,36). The maximum atomic E-state index is 11.4. The molecule has 0 atom stereocenters. The molecule has 8 nitrogen and oxygen atoms in total. The molecule has 182 valence electrons. The molecule has 3 N–H and O–H groups in total. The van der Waals surface area contributed by atoms with Gasteiger partial charge in [0.25, 0.3) is 5.91 Å². The van der Waals surface area contributed by atoms with Crippen LogP contribution in [0.4, 0.5) is 5.69 Å². The summed E-state index contributed by atoms with van der Waals surface area (Å²) in [6.45, 7) is 5.18. The number of hydrogen-bond acceptors (Lipinski definition) is 6. The van der Waals surface area contributed by atoms with E-state index >= 15 is 0 Å². The summed E-state index contributed by atoms with van der Waals surface area (Å²) in [5, 5.41) is 10.3. The Morgan fingerprint density at radius 2 is 1.86 bits per heavy atom. The van der Waals surface area contributed by atoms with Crippen molar-refractivity contribution < 1.29 is 4.79 Å². The van der Waals surface area contributed by atoms with E-state index in [9.17, 15) is 10.1 Å². The lowest BCUT2D eigenvalue weighted by atomic mass is 10.1. The number of aromatic nitrogens is 3. The lowest BCUT2D eigenvalue weighted by molar-refractivity contribution is 0.0995. The number of carbonyl (C=O) groups is 1. The number of unbranched alkanes of at least 4 members (excludes halogenated alkanes) is 1. The van der Waals surface area contributed by atoms with E-state index in [1.54, 1.807) is 6.20 Å². The van der Waals surface area contributed by atoms with Crippen LogP contribution in [-0.4, -0.2) is 58.5 Å². The number of nitrogens with zero attached hydrogens (tertiary/aromatic N) is 5. The molecule has 0 radical (unpaired) electrons. The van der Waals surface area contributed by atoms with E-state index in [-0.39, 0.29) is 5.69 Å². The number of aryl methyl sites for hydroxylation is 1. The number of nitrogens with two attached hydrogens (primary N) is 1. The molecule has 36 heavy (non-hydrogen) atoms. The van der Waals surface area contributed by atoms with Crippen molar-refractivity contribution in [3.05, 3.63) is 77.7 Å². The van der Waals surface area contributed by atoms with Crippen LogP contribution in [0.3, 0.4) is 0 Å². The number of nitriles is 1. The summed E-state index contributed by atoms with van der Waals surface area (Å²) in [6.07, 6.45) is 6.94. The fourth-order valence-electron chi connectivity index (χ4n) is 4.79. The van der Waals surface area contributed by atoms with Crippen LogP contribution in [0.15, 0.2) is 60.9 Å². The number of primary amides is 1. The molecular formula is C28H29N7O. The van der Waals surface area contributed by atoms with Gasteiger partial charge >= 0.3 is 0 Å². The fourth-order valence-corrected chi connectivity index (χ4v) is 4.79. The quantitative estimate of drug-likeness (QED) is 0.372.